The summed E-state index contributed by atoms with van der Waals surface area (Å²) in [5, 5.41) is 5.93. The SMILES string of the molecule is COc1ccc(OCCNc2ccc(NC(=O)Cc3ccc(F)cc3)cn2)cc1. The van der Waals surface area contributed by atoms with Gasteiger partial charge >= 0.3 is 0 Å². The molecular weight excluding hydrogens is 373 g/mol. The largest absolute Gasteiger partial charge is 0.497 e. The summed E-state index contributed by atoms with van der Waals surface area (Å²) in [7, 11) is 1.62. The number of pyridine rings is 1. The van der Waals surface area contributed by atoms with Crippen LogP contribution in [0.1, 0.15) is 5.56 Å². The van der Waals surface area contributed by atoms with Gasteiger partial charge in [0.2, 0.25) is 5.91 Å². The summed E-state index contributed by atoms with van der Waals surface area (Å²) >= 11 is 0. The van der Waals surface area contributed by atoms with Gasteiger partial charge in [0, 0.05) is 0 Å². The average Bonchev–Trinajstić information content (AvgIpc) is 2.74. The fourth-order valence-electron chi connectivity index (χ4n) is 2.59. The van der Waals surface area contributed by atoms with E-state index in [9.17, 15) is 9.18 Å². The Labute approximate surface area is 168 Å². The van der Waals surface area contributed by atoms with Gasteiger partial charge in [0.1, 0.15) is 29.7 Å². The number of carbonyl (C=O) groups is 1. The van der Waals surface area contributed by atoms with E-state index in [1.807, 2.05) is 24.3 Å². The molecule has 0 saturated heterocycles. The number of rotatable bonds is 9. The Morgan fingerprint density at radius 1 is 1.00 bits per heavy atom. The Morgan fingerprint density at radius 2 is 1.72 bits per heavy atom. The van der Waals surface area contributed by atoms with E-state index in [0.29, 0.717) is 24.7 Å². The van der Waals surface area contributed by atoms with Gasteiger partial charge < -0.3 is 20.1 Å². The van der Waals surface area contributed by atoms with Crippen LogP contribution in [0.4, 0.5) is 15.9 Å². The van der Waals surface area contributed by atoms with Crippen LogP contribution in [0.2, 0.25) is 0 Å². The van der Waals surface area contributed by atoms with Crippen molar-refractivity contribution < 1.29 is 18.7 Å². The van der Waals surface area contributed by atoms with E-state index >= 15 is 0 Å². The van der Waals surface area contributed by atoms with Crippen LogP contribution in [-0.2, 0) is 11.2 Å². The number of amides is 1. The van der Waals surface area contributed by atoms with Crippen LogP contribution in [-0.4, -0.2) is 31.2 Å². The van der Waals surface area contributed by atoms with E-state index in [4.69, 9.17) is 9.47 Å². The Kier molecular flexibility index (Phi) is 7.00. The predicted molar refractivity (Wildman–Crippen MR) is 110 cm³/mol. The van der Waals surface area contributed by atoms with E-state index in [1.54, 1.807) is 37.6 Å². The van der Waals surface area contributed by atoms with E-state index < -0.39 is 0 Å². The number of benzene rings is 2. The Bertz CT molecular complexity index is 914. The molecule has 29 heavy (non-hydrogen) atoms. The highest BCUT2D eigenvalue weighted by Gasteiger charge is 2.05. The molecule has 0 bridgehead atoms. The smallest absolute Gasteiger partial charge is 0.228 e. The lowest BCUT2D eigenvalue weighted by molar-refractivity contribution is -0.115. The molecule has 7 heteroatoms. The summed E-state index contributed by atoms with van der Waals surface area (Å²) < 4.78 is 23.7. The van der Waals surface area contributed by atoms with Crippen molar-refractivity contribution in [1.29, 1.82) is 0 Å². The maximum atomic E-state index is 12.9. The topological polar surface area (TPSA) is 72.5 Å². The van der Waals surface area contributed by atoms with Gasteiger partial charge in [0.15, 0.2) is 0 Å². The monoisotopic (exact) mass is 395 g/mol. The lowest BCUT2D eigenvalue weighted by Gasteiger charge is -2.09. The van der Waals surface area contributed by atoms with Gasteiger partial charge in [0.25, 0.3) is 0 Å². The molecule has 6 nitrogen and oxygen atoms in total. The quantitative estimate of drug-likeness (QED) is 0.538. The van der Waals surface area contributed by atoms with Crippen molar-refractivity contribution in [3.63, 3.8) is 0 Å². The fraction of sp³-hybridized carbons (Fsp3) is 0.182. The fourth-order valence-corrected chi connectivity index (χ4v) is 2.59. The number of halogens is 1. The zero-order chi connectivity index (χ0) is 20.5. The lowest BCUT2D eigenvalue weighted by Crippen LogP contribution is -2.15. The number of anilines is 2. The summed E-state index contributed by atoms with van der Waals surface area (Å²) in [4.78, 5) is 16.3. The number of nitrogens with zero attached hydrogens (tertiary/aromatic N) is 1. The predicted octanol–water partition coefficient (Wildman–Crippen LogP) is 3.90. The summed E-state index contributed by atoms with van der Waals surface area (Å²) in [5.74, 6) is 1.71. The molecule has 2 N–H and O–H groups in total. The van der Waals surface area contributed by atoms with Crippen molar-refractivity contribution in [2.75, 3.05) is 30.9 Å². The van der Waals surface area contributed by atoms with Crippen molar-refractivity contribution in [1.82, 2.24) is 4.98 Å². The van der Waals surface area contributed by atoms with Crippen LogP contribution in [0.15, 0.2) is 66.9 Å². The van der Waals surface area contributed by atoms with Crippen LogP contribution in [0.3, 0.4) is 0 Å². The average molecular weight is 395 g/mol. The van der Waals surface area contributed by atoms with Crippen molar-refractivity contribution in [3.8, 4) is 11.5 Å². The maximum absolute atomic E-state index is 12.9. The standard InChI is InChI=1S/C22H22FN3O3/c1-28-19-7-9-20(10-8-19)29-13-12-24-21-11-6-18(15-25-21)26-22(27)14-16-2-4-17(23)5-3-16/h2-11,15H,12-14H2,1H3,(H,24,25)(H,26,27). The Morgan fingerprint density at radius 3 is 2.38 bits per heavy atom. The lowest BCUT2D eigenvalue weighted by atomic mass is 10.1. The minimum Gasteiger partial charge on any atom is -0.497 e. The van der Waals surface area contributed by atoms with Crippen LogP contribution in [0.5, 0.6) is 11.5 Å². The van der Waals surface area contributed by atoms with Gasteiger partial charge in [-0.15, -0.1) is 0 Å². The molecule has 3 rings (SSSR count). The molecule has 0 aliphatic carbocycles. The molecule has 150 valence electrons. The Balaban J connectivity index is 1.40. The van der Waals surface area contributed by atoms with Gasteiger partial charge in [0.05, 0.1) is 32.0 Å². The molecule has 0 unspecified atom stereocenters. The summed E-state index contributed by atoms with van der Waals surface area (Å²) in [6.07, 6.45) is 1.75. The first kappa shape index (κ1) is 20.1. The van der Waals surface area contributed by atoms with E-state index in [2.05, 4.69) is 15.6 Å². The summed E-state index contributed by atoms with van der Waals surface area (Å²) in [6.45, 7) is 1.06. The van der Waals surface area contributed by atoms with Gasteiger partial charge in [-0.2, -0.15) is 0 Å². The molecule has 1 heterocycles. The van der Waals surface area contributed by atoms with Gasteiger partial charge in [-0.25, -0.2) is 9.37 Å². The number of hydrogen-bond acceptors (Lipinski definition) is 5. The first-order chi connectivity index (χ1) is 14.1. The zero-order valence-electron chi connectivity index (χ0n) is 16.0. The molecule has 0 saturated carbocycles. The van der Waals surface area contributed by atoms with Crippen LogP contribution < -0.4 is 20.1 Å². The second kappa shape index (κ2) is 10.1. The molecule has 0 radical (unpaired) electrons. The molecule has 1 amide bonds. The van der Waals surface area contributed by atoms with E-state index in [-0.39, 0.29) is 18.1 Å². The van der Waals surface area contributed by atoms with E-state index in [1.165, 1.54) is 12.1 Å². The number of nitrogens with one attached hydrogen (secondary N) is 2. The number of aromatic nitrogens is 1. The second-order valence-corrected chi connectivity index (χ2v) is 6.23. The molecule has 0 spiro atoms. The third-order valence-corrected chi connectivity index (χ3v) is 4.06. The van der Waals surface area contributed by atoms with E-state index in [0.717, 1.165) is 17.1 Å². The molecule has 1 aromatic heterocycles. The highest BCUT2D eigenvalue weighted by molar-refractivity contribution is 5.92. The maximum Gasteiger partial charge on any atom is 0.228 e. The molecule has 0 aliphatic rings. The van der Waals surface area contributed by atoms with Crippen molar-refractivity contribution in [3.05, 3.63) is 78.2 Å². The normalized spacial score (nSPS) is 10.3. The van der Waals surface area contributed by atoms with Gasteiger partial charge in [-0.3, -0.25) is 4.79 Å². The molecule has 0 aliphatic heterocycles. The summed E-state index contributed by atoms with van der Waals surface area (Å²) in [5.41, 5.74) is 1.34. The zero-order valence-corrected chi connectivity index (χ0v) is 16.0. The van der Waals surface area contributed by atoms with Crippen LogP contribution in [0, 0.1) is 5.82 Å². The third-order valence-electron chi connectivity index (χ3n) is 4.06. The first-order valence-electron chi connectivity index (χ1n) is 9.13. The number of methoxy groups -OCH3 is 1. The molecule has 0 atom stereocenters. The van der Waals surface area contributed by atoms with Crippen molar-refractivity contribution in [2.24, 2.45) is 0 Å². The Hall–Kier alpha value is -3.61. The van der Waals surface area contributed by atoms with Crippen LogP contribution in [0.25, 0.3) is 0 Å². The highest BCUT2D eigenvalue weighted by atomic mass is 19.1. The molecule has 3 aromatic rings. The number of hydrogen-bond donors (Lipinski definition) is 2. The van der Waals surface area contributed by atoms with Crippen molar-refractivity contribution >= 4 is 17.4 Å². The number of ether oxygens (including phenoxy) is 2. The van der Waals surface area contributed by atoms with Crippen molar-refractivity contribution in [2.45, 2.75) is 6.42 Å². The van der Waals surface area contributed by atoms with Crippen LogP contribution >= 0.6 is 0 Å². The molecular formula is C22H22FN3O3. The van der Waals surface area contributed by atoms with Gasteiger partial charge in [-0.1, -0.05) is 12.1 Å². The minimum atomic E-state index is -0.323. The highest BCUT2D eigenvalue weighted by Crippen LogP contribution is 2.17. The molecule has 2 aromatic carbocycles. The third kappa shape index (κ3) is 6.49. The molecule has 0 fully saturated rings. The summed E-state index contributed by atoms with van der Waals surface area (Å²) in [6, 6.07) is 16.8. The first-order valence-corrected chi connectivity index (χ1v) is 9.13. The second-order valence-electron chi connectivity index (χ2n) is 6.23. The number of carbonyl (C=O) groups excluding carboxylic acids is 1. The minimum absolute atomic E-state index is 0.170. The van der Waals surface area contributed by atoms with Gasteiger partial charge in [-0.05, 0) is 54.1 Å².